The van der Waals surface area contributed by atoms with E-state index in [-0.39, 0.29) is 18.2 Å². The van der Waals surface area contributed by atoms with Gasteiger partial charge in [0.05, 0.1) is 5.69 Å². The van der Waals surface area contributed by atoms with Gasteiger partial charge in [-0.05, 0) is 66.9 Å². The normalized spacial score (nSPS) is 16.7. The molecule has 0 aromatic heterocycles. The van der Waals surface area contributed by atoms with Gasteiger partial charge in [-0.25, -0.2) is 4.39 Å². The number of aryl methyl sites for hydroxylation is 1. The second-order valence-corrected chi connectivity index (χ2v) is 9.11. The number of anilines is 2. The SMILES string of the molecule is Cc1cccc(N2CCN(C(=O)CN3C(=O)/C(=C\c4cccc(F)c4)Oc4ccccc43)CC2)c1C. The van der Waals surface area contributed by atoms with E-state index in [9.17, 15) is 14.0 Å². The zero-order valence-corrected chi connectivity index (χ0v) is 20.4. The molecule has 1 saturated heterocycles. The van der Waals surface area contributed by atoms with Crippen LogP contribution in [-0.4, -0.2) is 49.4 Å². The lowest BCUT2D eigenvalue weighted by Gasteiger charge is -2.38. The maximum Gasteiger partial charge on any atom is 0.294 e. The third kappa shape index (κ3) is 4.69. The first-order valence-electron chi connectivity index (χ1n) is 12.1. The van der Waals surface area contributed by atoms with Crippen molar-refractivity contribution in [1.82, 2.24) is 4.90 Å². The molecule has 3 aromatic carbocycles. The van der Waals surface area contributed by atoms with E-state index in [1.165, 1.54) is 39.9 Å². The monoisotopic (exact) mass is 485 g/mol. The first-order chi connectivity index (χ1) is 17.4. The van der Waals surface area contributed by atoms with Gasteiger partial charge in [0.25, 0.3) is 5.91 Å². The van der Waals surface area contributed by atoms with Gasteiger partial charge >= 0.3 is 0 Å². The van der Waals surface area contributed by atoms with E-state index in [1.54, 1.807) is 36.4 Å². The number of carbonyl (C=O) groups excluding carboxylic acids is 2. The van der Waals surface area contributed by atoms with Crippen molar-refractivity contribution in [3.8, 4) is 5.75 Å². The van der Waals surface area contributed by atoms with Gasteiger partial charge in [0.15, 0.2) is 11.5 Å². The van der Waals surface area contributed by atoms with Crippen LogP contribution in [-0.2, 0) is 9.59 Å². The number of carbonyl (C=O) groups is 2. The molecule has 36 heavy (non-hydrogen) atoms. The Labute approximate surface area is 210 Å². The minimum atomic E-state index is -0.430. The van der Waals surface area contributed by atoms with Crippen LogP contribution in [0.25, 0.3) is 6.08 Å². The van der Waals surface area contributed by atoms with Crippen LogP contribution in [0.5, 0.6) is 5.75 Å². The number of amides is 2. The third-order valence-electron chi connectivity index (χ3n) is 6.82. The molecule has 2 heterocycles. The fourth-order valence-electron chi connectivity index (χ4n) is 4.68. The summed E-state index contributed by atoms with van der Waals surface area (Å²) in [6, 6.07) is 19.3. The predicted molar refractivity (Wildman–Crippen MR) is 139 cm³/mol. The van der Waals surface area contributed by atoms with Gasteiger partial charge in [-0.2, -0.15) is 0 Å². The average molecular weight is 486 g/mol. The number of rotatable bonds is 4. The topological polar surface area (TPSA) is 53.1 Å². The van der Waals surface area contributed by atoms with Crippen LogP contribution in [0.15, 0.2) is 72.5 Å². The molecule has 2 aliphatic heterocycles. The van der Waals surface area contributed by atoms with Crippen molar-refractivity contribution in [2.24, 2.45) is 0 Å². The van der Waals surface area contributed by atoms with E-state index in [2.05, 4.69) is 36.9 Å². The molecule has 0 N–H and O–H groups in total. The van der Waals surface area contributed by atoms with Crippen LogP contribution in [0.4, 0.5) is 15.8 Å². The van der Waals surface area contributed by atoms with Crippen molar-refractivity contribution in [1.29, 1.82) is 0 Å². The van der Waals surface area contributed by atoms with Gasteiger partial charge in [0, 0.05) is 31.9 Å². The number of benzene rings is 3. The molecule has 5 rings (SSSR count). The Hall–Kier alpha value is -4.13. The number of halogens is 1. The van der Waals surface area contributed by atoms with Crippen LogP contribution >= 0.6 is 0 Å². The number of ether oxygens (including phenoxy) is 1. The molecule has 0 atom stereocenters. The molecular formula is C29H28FN3O3. The molecule has 1 fully saturated rings. The maximum absolute atomic E-state index is 13.7. The van der Waals surface area contributed by atoms with E-state index in [0.717, 1.165) is 13.1 Å². The van der Waals surface area contributed by atoms with Crippen LogP contribution in [0.1, 0.15) is 16.7 Å². The number of para-hydroxylation sites is 2. The number of hydrogen-bond acceptors (Lipinski definition) is 4. The average Bonchev–Trinajstić information content (AvgIpc) is 2.88. The lowest BCUT2D eigenvalue weighted by molar-refractivity contribution is -0.131. The summed E-state index contributed by atoms with van der Waals surface area (Å²) in [6.45, 7) is 6.76. The number of fused-ring (bicyclic) bond motifs is 1. The first kappa shape index (κ1) is 23.6. The summed E-state index contributed by atoms with van der Waals surface area (Å²) < 4.78 is 19.5. The van der Waals surface area contributed by atoms with Crippen LogP contribution in [0.2, 0.25) is 0 Å². The smallest absolute Gasteiger partial charge is 0.294 e. The van der Waals surface area contributed by atoms with Gasteiger partial charge in [0.2, 0.25) is 5.91 Å². The Balaban J connectivity index is 1.32. The summed E-state index contributed by atoms with van der Waals surface area (Å²) in [5, 5.41) is 0. The Morgan fingerprint density at radius 2 is 1.67 bits per heavy atom. The molecule has 6 nitrogen and oxygen atoms in total. The van der Waals surface area contributed by atoms with Crippen molar-refractivity contribution >= 4 is 29.3 Å². The van der Waals surface area contributed by atoms with Crippen molar-refractivity contribution < 1.29 is 18.7 Å². The van der Waals surface area contributed by atoms with Crippen molar-refractivity contribution in [2.75, 3.05) is 42.5 Å². The lowest BCUT2D eigenvalue weighted by Crippen LogP contribution is -2.52. The summed E-state index contributed by atoms with van der Waals surface area (Å²) in [5.41, 5.74) is 4.75. The number of piperazine rings is 1. The summed E-state index contributed by atoms with van der Waals surface area (Å²) in [6.07, 6.45) is 1.50. The number of hydrogen-bond donors (Lipinski definition) is 0. The van der Waals surface area contributed by atoms with E-state index < -0.39 is 11.7 Å². The molecular weight excluding hydrogens is 457 g/mol. The summed E-state index contributed by atoms with van der Waals surface area (Å²) >= 11 is 0. The fourth-order valence-corrected chi connectivity index (χ4v) is 4.68. The summed E-state index contributed by atoms with van der Waals surface area (Å²) in [4.78, 5) is 32.2. The molecule has 0 aliphatic carbocycles. The standard InChI is InChI=1S/C29H28FN3O3/c1-20-7-5-11-24(21(20)2)31-13-15-32(16-14-31)28(34)19-33-25-10-3-4-12-26(25)36-27(29(33)35)18-22-8-6-9-23(30)17-22/h3-12,17-18H,13-16,19H2,1-2H3/b27-18+. The van der Waals surface area contributed by atoms with Gasteiger partial charge in [-0.3, -0.25) is 14.5 Å². The second kappa shape index (κ2) is 9.85. The largest absolute Gasteiger partial charge is 0.449 e. The Morgan fingerprint density at radius 1 is 0.944 bits per heavy atom. The second-order valence-electron chi connectivity index (χ2n) is 9.11. The van der Waals surface area contributed by atoms with E-state index >= 15 is 0 Å². The highest BCUT2D eigenvalue weighted by atomic mass is 19.1. The minimum absolute atomic E-state index is 0.0480. The van der Waals surface area contributed by atoms with Crippen LogP contribution in [0.3, 0.4) is 0 Å². The first-order valence-corrected chi connectivity index (χ1v) is 12.1. The van der Waals surface area contributed by atoms with Crippen LogP contribution < -0.4 is 14.5 Å². The molecule has 0 spiro atoms. The molecule has 3 aromatic rings. The highest BCUT2D eigenvalue weighted by Gasteiger charge is 2.33. The minimum Gasteiger partial charge on any atom is -0.449 e. The van der Waals surface area contributed by atoms with E-state index in [4.69, 9.17) is 4.74 Å². The summed E-state index contributed by atoms with van der Waals surface area (Å²) in [7, 11) is 0. The van der Waals surface area contributed by atoms with Crippen LogP contribution in [0, 0.1) is 19.7 Å². The molecule has 2 amide bonds. The predicted octanol–water partition coefficient (Wildman–Crippen LogP) is 4.56. The summed E-state index contributed by atoms with van der Waals surface area (Å²) in [5.74, 6) is -0.426. The highest BCUT2D eigenvalue weighted by molar-refractivity contribution is 6.12. The van der Waals surface area contributed by atoms with E-state index in [0.29, 0.717) is 30.1 Å². The van der Waals surface area contributed by atoms with Crippen molar-refractivity contribution in [2.45, 2.75) is 13.8 Å². The quantitative estimate of drug-likeness (QED) is 0.509. The van der Waals surface area contributed by atoms with Crippen molar-refractivity contribution in [3.05, 3.63) is 95.0 Å². The molecule has 0 saturated carbocycles. The fraction of sp³-hybridized carbons (Fsp3) is 0.241. The number of nitrogens with zero attached hydrogens (tertiary/aromatic N) is 3. The molecule has 7 heteroatoms. The molecule has 2 aliphatic rings. The Bertz CT molecular complexity index is 1350. The van der Waals surface area contributed by atoms with Gasteiger partial charge in [-0.1, -0.05) is 36.4 Å². The molecule has 0 radical (unpaired) electrons. The lowest BCUT2D eigenvalue weighted by atomic mass is 10.1. The third-order valence-corrected chi connectivity index (χ3v) is 6.82. The molecule has 0 unspecified atom stereocenters. The van der Waals surface area contributed by atoms with Crippen molar-refractivity contribution in [3.63, 3.8) is 0 Å². The zero-order chi connectivity index (χ0) is 25.2. The molecule has 0 bridgehead atoms. The highest BCUT2D eigenvalue weighted by Crippen LogP contribution is 2.35. The Morgan fingerprint density at radius 3 is 2.44 bits per heavy atom. The van der Waals surface area contributed by atoms with E-state index in [1.807, 2.05) is 4.90 Å². The van der Waals surface area contributed by atoms with Gasteiger partial charge < -0.3 is 14.5 Å². The van der Waals surface area contributed by atoms with Gasteiger partial charge in [0.1, 0.15) is 12.4 Å². The van der Waals surface area contributed by atoms with Gasteiger partial charge in [-0.15, -0.1) is 0 Å². The molecule has 184 valence electrons. The maximum atomic E-state index is 13.7. The zero-order valence-electron chi connectivity index (χ0n) is 20.4. The Kier molecular flexibility index (Phi) is 6.46.